The van der Waals surface area contributed by atoms with Gasteiger partial charge in [0, 0.05) is 37.5 Å². The number of anilines is 3. The molecular formula is C33H40N4O8. The van der Waals surface area contributed by atoms with Crippen molar-refractivity contribution >= 4 is 40.9 Å². The molecule has 0 bridgehead atoms. The fourth-order valence-electron chi connectivity index (χ4n) is 4.30. The van der Waals surface area contributed by atoms with Crippen LogP contribution in [-0.2, 0) is 20.8 Å². The highest BCUT2D eigenvalue weighted by atomic mass is 16.5. The van der Waals surface area contributed by atoms with Crippen molar-refractivity contribution in [2.24, 2.45) is 5.92 Å². The Balaban J connectivity index is 1.70. The first-order valence-electron chi connectivity index (χ1n) is 14.4. The van der Waals surface area contributed by atoms with Gasteiger partial charge in [-0.05, 0) is 42.2 Å². The average Bonchev–Trinajstić information content (AvgIpc) is 3.02. The van der Waals surface area contributed by atoms with E-state index in [1.54, 1.807) is 73.8 Å². The van der Waals surface area contributed by atoms with Crippen LogP contribution in [0.15, 0.2) is 66.7 Å². The van der Waals surface area contributed by atoms with Crippen molar-refractivity contribution in [1.82, 2.24) is 5.32 Å². The summed E-state index contributed by atoms with van der Waals surface area (Å²) in [7, 11) is 4.67. The van der Waals surface area contributed by atoms with Crippen LogP contribution in [0.2, 0.25) is 0 Å². The van der Waals surface area contributed by atoms with Crippen LogP contribution in [0.4, 0.5) is 21.9 Å². The molecule has 0 aliphatic carbocycles. The van der Waals surface area contributed by atoms with Crippen LogP contribution < -0.4 is 34.6 Å². The van der Waals surface area contributed by atoms with E-state index in [1.807, 2.05) is 13.8 Å². The summed E-state index contributed by atoms with van der Waals surface area (Å²) in [4.78, 5) is 53.1. The molecule has 3 rings (SSSR count). The van der Waals surface area contributed by atoms with Gasteiger partial charge in [0.1, 0.15) is 17.2 Å². The van der Waals surface area contributed by atoms with Gasteiger partial charge in [-0.25, -0.2) is 4.79 Å². The Morgan fingerprint density at radius 2 is 1.58 bits per heavy atom. The lowest BCUT2D eigenvalue weighted by Gasteiger charge is -2.26. The van der Waals surface area contributed by atoms with E-state index in [1.165, 1.54) is 24.0 Å². The molecule has 0 aromatic heterocycles. The predicted molar refractivity (Wildman–Crippen MR) is 172 cm³/mol. The maximum atomic E-state index is 13.5. The number of nitrogens with zero attached hydrogens (tertiary/aromatic N) is 2. The van der Waals surface area contributed by atoms with Gasteiger partial charge >= 0.3 is 12.0 Å². The monoisotopic (exact) mass is 620 g/mol. The van der Waals surface area contributed by atoms with Crippen LogP contribution in [0.25, 0.3) is 0 Å². The van der Waals surface area contributed by atoms with Gasteiger partial charge in [0.2, 0.25) is 5.91 Å². The number of carbonyl (C=O) groups is 4. The molecule has 3 N–H and O–H groups in total. The molecule has 4 amide bonds. The third-order valence-electron chi connectivity index (χ3n) is 6.78. The van der Waals surface area contributed by atoms with E-state index in [9.17, 15) is 19.2 Å². The number of methoxy groups -OCH3 is 2. The van der Waals surface area contributed by atoms with E-state index in [4.69, 9.17) is 19.3 Å². The minimum absolute atomic E-state index is 0.181. The zero-order valence-corrected chi connectivity index (χ0v) is 26.2. The molecule has 0 saturated carbocycles. The normalized spacial score (nSPS) is 10.5. The van der Waals surface area contributed by atoms with Crippen LogP contribution in [0.5, 0.6) is 17.2 Å². The Bertz CT molecular complexity index is 1470. The fourth-order valence-corrected chi connectivity index (χ4v) is 4.30. The molecule has 12 nitrogen and oxygen atoms in total. The molecule has 0 aliphatic heterocycles. The van der Waals surface area contributed by atoms with Gasteiger partial charge in [-0.2, -0.15) is 0 Å². The van der Waals surface area contributed by atoms with E-state index in [2.05, 4.69) is 10.6 Å². The standard InChI is InChI=1S/C33H40N4O8/c1-22(2)13-14-37(30(38)20-34-33(42)35-24-10-8-9-23(15-24)16-32(40)41)28-11-6-7-12-29(28)45-21-31(39)36(3)25-17-26(43-4)19-27(18-25)44-5/h6-12,15,17-19,22H,13-14,16,20-21H2,1-5H3,(H,40,41)(H2,34,35,42). The number of likely N-dealkylation sites (N-methyl/N-ethyl adjacent to an activating group) is 1. The molecule has 0 unspecified atom stereocenters. The number of benzene rings is 3. The first-order valence-corrected chi connectivity index (χ1v) is 14.4. The molecule has 0 fully saturated rings. The van der Waals surface area contributed by atoms with Gasteiger partial charge in [0.15, 0.2) is 6.61 Å². The Labute approximate surface area is 262 Å². The smallest absolute Gasteiger partial charge is 0.319 e. The van der Waals surface area contributed by atoms with Crippen molar-refractivity contribution in [3.63, 3.8) is 0 Å². The third kappa shape index (κ3) is 10.4. The summed E-state index contributed by atoms with van der Waals surface area (Å²) in [5, 5.41) is 14.2. The summed E-state index contributed by atoms with van der Waals surface area (Å²) >= 11 is 0. The highest BCUT2D eigenvalue weighted by Gasteiger charge is 2.22. The number of amides is 4. The molecule has 0 spiro atoms. The van der Waals surface area contributed by atoms with Crippen molar-refractivity contribution in [3.05, 3.63) is 72.3 Å². The van der Waals surface area contributed by atoms with Crippen molar-refractivity contribution < 1.29 is 38.5 Å². The van der Waals surface area contributed by atoms with Crippen LogP contribution in [0.1, 0.15) is 25.8 Å². The quantitative estimate of drug-likeness (QED) is 0.224. The highest BCUT2D eigenvalue weighted by molar-refractivity contribution is 5.99. The maximum absolute atomic E-state index is 13.5. The molecule has 0 aliphatic rings. The molecule has 0 radical (unpaired) electrons. The second kappa shape index (κ2) is 16.6. The summed E-state index contributed by atoms with van der Waals surface area (Å²) in [6, 6.07) is 17.9. The number of aliphatic carboxylic acids is 1. The molecule has 0 heterocycles. The SMILES string of the molecule is COc1cc(OC)cc(N(C)C(=O)COc2ccccc2N(CCC(C)C)C(=O)CNC(=O)Nc2cccc(CC(=O)O)c2)c1. The fraction of sp³-hybridized carbons (Fsp3) is 0.333. The van der Waals surface area contributed by atoms with E-state index in [0.29, 0.717) is 52.8 Å². The molecule has 45 heavy (non-hydrogen) atoms. The van der Waals surface area contributed by atoms with Gasteiger partial charge in [-0.1, -0.05) is 38.1 Å². The van der Waals surface area contributed by atoms with Crippen molar-refractivity contribution in [1.29, 1.82) is 0 Å². The van der Waals surface area contributed by atoms with E-state index in [-0.39, 0.29) is 37.3 Å². The van der Waals surface area contributed by atoms with Gasteiger partial charge in [-0.3, -0.25) is 14.4 Å². The lowest BCUT2D eigenvalue weighted by Crippen LogP contribution is -2.42. The van der Waals surface area contributed by atoms with Crippen LogP contribution in [0, 0.1) is 5.92 Å². The lowest BCUT2D eigenvalue weighted by molar-refractivity contribution is -0.136. The Morgan fingerprint density at radius 1 is 0.889 bits per heavy atom. The van der Waals surface area contributed by atoms with Crippen LogP contribution in [0.3, 0.4) is 0 Å². The number of hydrogen-bond acceptors (Lipinski definition) is 7. The number of carboxylic acid groups (broad SMARTS) is 1. The Kier molecular flexibility index (Phi) is 12.6. The summed E-state index contributed by atoms with van der Waals surface area (Å²) < 4.78 is 16.6. The second-order valence-electron chi connectivity index (χ2n) is 10.6. The number of carbonyl (C=O) groups excluding carboxylic acids is 3. The van der Waals surface area contributed by atoms with E-state index in [0.717, 1.165) is 0 Å². The number of rotatable bonds is 15. The summed E-state index contributed by atoms with van der Waals surface area (Å²) in [5.74, 6) is -0.0228. The van der Waals surface area contributed by atoms with Crippen molar-refractivity contribution in [2.45, 2.75) is 26.7 Å². The molecule has 240 valence electrons. The van der Waals surface area contributed by atoms with Gasteiger partial charge in [-0.15, -0.1) is 0 Å². The number of para-hydroxylation sites is 2. The third-order valence-corrected chi connectivity index (χ3v) is 6.78. The molecule has 0 saturated heterocycles. The van der Waals surface area contributed by atoms with Crippen LogP contribution >= 0.6 is 0 Å². The average molecular weight is 621 g/mol. The van der Waals surface area contributed by atoms with Gasteiger partial charge in [0.25, 0.3) is 5.91 Å². The Hall–Kier alpha value is -5.26. The minimum atomic E-state index is -0.984. The maximum Gasteiger partial charge on any atom is 0.319 e. The number of ether oxygens (including phenoxy) is 3. The molecular weight excluding hydrogens is 580 g/mol. The van der Waals surface area contributed by atoms with Gasteiger partial charge in [0.05, 0.1) is 38.6 Å². The minimum Gasteiger partial charge on any atom is -0.497 e. The topological polar surface area (TPSA) is 147 Å². The van der Waals surface area contributed by atoms with Gasteiger partial charge < -0.3 is 39.8 Å². The second-order valence-corrected chi connectivity index (χ2v) is 10.6. The summed E-state index contributed by atoms with van der Waals surface area (Å²) in [5.41, 5.74) is 1.95. The first-order chi connectivity index (χ1) is 21.5. The Morgan fingerprint density at radius 3 is 2.22 bits per heavy atom. The van der Waals surface area contributed by atoms with E-state index < -0.39 is 12.0 Å². The number of carboxylic acids is 1. The van der Waals surface area contributed by atoms with Crippen molar-refractivity contribution in [3.8, 4) is 17.2 Å². The molecule has 3 aromatic carbocycles. The first kappa shape index (κ1) is 34.2. The zero-order chi connectivity index (χ0) is 32.9. The summed E-state index contributed by atoms with van der Waals surface area (Å²) in [6.45, 7) is 3.82. The zero-order valence-electron chi connectivity index (χ0n) is 26.2. The molecule has 12 heteroatoms. The number of hydrogen-bond donors (Lipinski definition) is 3. The molecule has 3 aromatic rings. The van der Waals surface area contributed by atoms with Crippen LogP contribution in [-0.4, -0.2) is 69.9 Å². The predicted octanol–water partition coefficient (Wildman–Crippen LogP) is 4.57. The lowest BCUT2D eigenvalue weighted by atomic mass is 10.1. The molecule has 0 atom stereocenters. The number of urea groups is 1. The highest BCUT2D eigenvalue weighted by Crippen LogP contribution is 2.30. The van der Waals surface area contributed by atoms with E-state index >= 15 is 0 Å². The number of nitrogens with one attached hydrogen (secondary N) is 2. The van der Waals surface area contributed by atoms with Crippen molar-refractivity contribution in [2.75, 3.05) is 56.1 Å². The largest absolute Gasteiger partial charge is 0.497 e. The summed E-state index contributed by atoms with van der Waals surface area (Å²) in [6.07, 6.45) is 0.502.